The second-order valence-corrected chi connectivity index (χ2v) is 8.42. The fourth-order valence-corrected chi connectivity index (χ4v) is 4.47. The third kappa shape index (κ3) is 4.22. The van der Waals surface area contributed by atoms with Gasteiger partial charge in [-0.25, -0.2) is 0 Å². The lowest BCUT2D eigenvalue weighted by molar-refractivity contribution is 0.0988. The van der Waals surface area contributed by atoms with Crippen molar-refractivity contribution in [3.63, 3.8) is 0 Å². The lowest BCUT2D eigenvalue weighted by atomic mass is 9.76. The monoisotopic (exact) mass is 290 g/mol. The van der Waals surface area contributed by atoms with E-state index in [-0.39, 0.29) is 5.92 Å². The van der Waals surface area contributed by atoms with E-state index in [1.54, 1.807) is 0 Å². The third-order valence-corrected chi connectivity index (χ3v) is 6.12. The van der Waals surface area contributed by atoms with E-state index < -0.39 is 0 Å². The summed E-state index contributed by atoms with van der Waals surface area (Å²) in [5.41, 5.74) is 0.434. The zero-order valence-corrected chi connectivity index (χ0v) is 14.6. The van der Waals surface area contributed by atoms with Gasteiger partial charge in [-0.3, -0.25) is 4.90 Å². The molecule has 4 unspecified atom stereocenters. The normalized spacial score (nSPS) is 36.0. The zero-order valence-electron chi connectivity index (χ0n) is 14.6. The van der Waals surface area contributed by atoms with Crippen molar-refractivity contribution in [1.82, 2.24) is 4.90 Å². The predicted molar refractivity (Wildman–Crippen MR) is 88.9 cm³/mol. The molecule has 1 heterocycles. The summed E-state index contributed by atoms with van der Waals surface area (Å²) in [4.78, 5) is 2.68. The highest BCUT2D eigenvalue weighted by molar-refractivity contribution is 4.98. The Morgan fingerprint density at radius 3 is 2.48 bits per heavy atom. The molecular formula is C19H34N2. The molecule has 1 aliphatic heterocycles. The van der Waals surface area contributed by atoms with E-state index in [9.17, 15) is 5.26 Å². The molecule has 4 atom stereocenters. The maximum atomic E-state index is 9.53. The van der Waals surface area contributed by atoms with Crippen LogP contribution in [-0.2, 0) is 0 Å². The van der Waals surface area contributed by atoms with Crippen molar-refractivity contribution in [2.24, 2.45) is 23.2 Å². The van der Waals surface area contributed by atoms with Crippen LogP contribution in [0.15, 0.2) is 0 Å². The van der Waals surface area contributed by atoms with Crippen LogP contribution in [0.1, 0.15) is 72.6 Å². The van der Waals surface area contributed by atoms with Crippen molar-refractivity contribution in [3.8, 4) is 6.07 Å². The Kier molecular flexibility index (Phi) is 5.72. The highest BCUT2D eigenvalue weighted by atomic mass is 15.2. The van der Waals surface area contributed by atoms with Gasteiger partial charge >= 0.3 is 0 Å². The molecule has 21 heavy (non-hydrogen) atoms. The van der Waals surface area contributed by atoms with Crippen LogP contribution in [0.2, 0.25) is 0 Å². The molecule has 1 aliphatic carbocycles. The van der Waals surface area contributed by atoms with E-state index in [0.29, 0.717) is 11.5 Å². The summed E-state index contributed by atoms with van der Waals surface area (Å²) in [6.45, 7) is 11.9. The lowest BCUT2D eigenvalue weighted by Gasteiger charge is -2.40. The Balaban J connectivity index is 2.01. The number of hydrogen-bond donors (Lipinski definition) is 0. The summed E-state index contributed by atoms with van der Waals surface area (Å²) in [6, 6.07) is 3.15. The van der Waals surface area contributed by atoms with Gasteiger partial charge in [0.1, 0.15) is 0 Å². The summed E-state index contributed by atoms with van der Waals surface area (Å²) >= 11 is 0. The molecular weight excluding hydrogens is 256 g/mol. The first-order chi connectivity index (χ1) is 9.95. The molecule has 1 saturated heterocycles. The Morgan fingerprint density at radius 2 is 1.86 bits per heavy atom. The quantitative estimate of drug-likeness (QED) is 0.726. The Labute approximate surface area is 131 Å². The molecule has 0 amide bonds. The maximum absolute atomic E-state index is 9.53. The van der Waals surface area contributed by atoms with Crippen molar-refractivity contribution >= 4 is 0 Å². The summed E-state index contributed by atoms with van der Waals surface area (Å²) in [7, 11) is 0. The topological polar surface area (TPSA) is 27.0 Å². The molecule has 2 rings (SSSR count). The minimum atomic E-state index is 0.277. The number of nitrogens with zero attached hydrogens (tertiary/aromatic N) is 2. The van der Waals surface area contributed by atoms with E-state index in [1.165, 1.54) is 51.6 Å². The molecule has 0 aromatic heterocycles. The van der Waals surface area contributed by atoms with Gasteiger partial charge in [-0.1, -0.05) is 34.1 Å². The van der Waals surface area contributed by atoms with Crippen LogP contribution in [0.25, 0.3) is 0 Å². The van der Waals surface area contributed by atoms with Gasteiger partial charge in [0.15, 0.2) is 0 Å². The summed E-state index contributed by atoms with van der Waals surface area (Å²) in [6.07, 6.45) is 8.92. The summed E-state index contributed by atoms with van der Waals surface area (Å²) in [5, 5.41) is 9.53. The number of rotatable bonds is 2. The second-order valence-electron chi connectivity index (χ2n) is 8.42. The molecule has 1 saturated carbocycles. The molecule has 2 heteroatoms. The molecule has 0 spiro atoms. The first-order valence-corrected chi connectivity index (χ1v) is 9.09. The van der Waals surface area contributed by atoms with E-state index in [4.69, 9.17) is 0 Å². The van der Waals surface area contributed by atoms with Crippen molar-refractivity contribution in [2.75, 3.05) is 13.1 Å². The van der Waals surface area contributed by atoms with E-state index in [2.05, 4.69) is 38.7 Å². The van der Waals surface area contributed by atoms with Crippen LogP contribution in [-0.4, -0.2) is 24.0 Å². The molecule has 120 valence electrons. The largest absolute Gasteiger partial charge is 0.299 e. The average molecular weight is 290 g/mol. The van der Waals surface area contributed by atoms with Crippen molar-refractivity contribution < 1.29 is 0 Å². The van der Waals surface area contributed by atoms with Crippen molar-refractivity contribution in [2.45, 2.75) is 78.7 Å². The first kappa shape index (κ1) is 16.8. The maximum Gasteiger partial charge on any atom is 0.0672 e. The summed E-state index contributed by atoms with van der Waals surface area (Å²) < 4.78 is 0. The van der Waals surface area contributed by atoms with Gasteiger partial charge in [0, 0.05) is 6.04 Å². The molecule has 2 aliphatic rings. The average Bonchev–Trinajstić information content (AvgIpc) is 2.72. The number of nitriles is 1. The van der Waals surface area contributed by atoms with Crippen LogP contribution in [0.5, 0.6) is 0 Å². The van der Waals surface area contributed by atoms with Crippen LogP contribution < -0.4 is 0 Å². The minimum Gasteiger partial charge on any atom is -0.299 e. The van der Waals surface area contributed by atoms with Gasteiger partial charge in [0.05, 0.1) is 12.0 Å². The van der Waals surface area contributed by atoms with Crippen LogP contribution in [0, 0.1) is 34.5 Å². The lowest BCUT2D eigenvalue weighted by Crippen LogP contribution is -2.44. The second kappa shape index (κ2) is 7.14. The van der Waals surface area contributed by atoms with Gasteiger partial charge in [0.2, 0.25) is 0 Å². The van der Waals surface area contributed by atoms with Crippen molar-refractivity contribution in [1.29, 1.82) is 5.26 Å². The van der Waals surface area contributed by atoms with Gasteiger partial charge in [-0.05, 0) is 68.9 Å². The fraction of sp³-hybridized carbons (Fsp3) is 0.947. The van der Waals surface area contributed by atoms with Crippen LogP contribution >= 0.6 is 0 Å². The van der Waals surface area contributed by atoms with E-state index in [0.717, 1.165) is 18.3 Å². The first-order valence-electron chi connectivity index (χ1n) is 9.09. The zero-order chi connectivity index (χ0) is 15.5. The number of hydrogen-bond acceptors (Lipinski definition) is 2. The Hall–Kier alpha value is -0.550. The number of likely N-dealkylation sites (tertiary alicyclic amines) is 1. The molecule has 2 nitrogen and oxygen atoms in total. The third-order valence-electron chi connectivity index (χ3n) is 6.12. The highest BCUT2D eigenvalue weighted by Crippen LogP contribution is 2.38. The van der Waals surface area contributed by atoms with E-state index >= 15 is 0 Å². The van der Waals surface area contributed by atoms with Crippen molar-refractivity contribution in [3.05, 3.63) is 0 Å². The smallest absolute Gasteiger partial charge is 0.0672 e. The molecule has 0 N–H and O–H groups in total. The van der Waals surface area contributed by atoms with Gasteiger partial charge in [-0.2, -0.15) is 5.26 Å². The minimum absolute atomic E-state index is 0.277. The standard InChI is InChI=1S/C19H34N2/c1-5-15-8-9-16(14-20)18(13-15)21-11-6-7-17(10-12-21)19(2,3)4/h15-18H,5-13H2,1-4H3. The molecule has 2 fully saturated rings. The molecule has 0 aromatic carbocycles. The van der Waals surface area contributed by atoms with Gasteiger partial charge < -0.3 is 0 Å². The molecule has 0 aromatic rings. The highest BCUT2D eigenvalue weighted by Gasteiger charge is 2.36. The molecule has 0 radical (unpaired) electrons. The van der Waals surface area contributed by atoms with Gasteiger partial charge in [0.25, 0.3) is 0 Å². The van der Waals surface area contributed by atoms with Crippen LogP contribution in [0.4, 0.5) is 0 Å². The van der Waals surface area contributed by atoms with E-state index in [1.807, 2.05) is 0 Å². The fourth-order valence-electron chi connectivity index (χ4n) is 4.47. The SMILES string of the molecule is CCC1CCC(C#N)C(N2CCCC(C(C)(C)C)CC2)C1. The Bertz CT molecular complexity index is 363. The molecule has 0 bridgehead atoms. The predicted octanol–water partition coefficient (Wildman–Crippen LogP) is 4.85. The summed E-state index contributed by atoms with van der Waals surface area (Å²) in [5.74, 6) is 1.97. The van der Waals surface area contributed by atoms with Crippen LogP contribution in [0.3, 0.4) is 0 Å². The van der Waals surface area contributed by atoms with Gasteiger partial charge in [-0.15, -0.1) is 0 Å². The Morgan fingerprint density at radius 1 is 1.10 bits per heavy atom.